The maximum atomic E-state index is 13.3. The summed E-state index contributed by atoms with van der Waals surface area (Å²) in [6.07, 6.45) is 0.600. The molecule has 5 rings (SSSR count). The molecule has 5 aromatic rings. The predicted molar refractivity (Wildman–Crippen MR) is 136 cm³/mol. The first kappa shape index (κ1) is 22.3. The smallest absolute Gasteiger partial charge is 0.324 e. The zero-order valence-electron chi connectivity index (χ0n) is 19.6. The van der Waals surface area contributed by atoms with E-state index < -0.39 is 5.69 Å². The number of fused-ring (bicyclic) bond motifs is 3. The van der Waals surface area contributed by atoms with Crippen LogP contribution in [0.5, 0.6) is 0 Å². The summed E-state index contributed by atoms with van der Waals surface area (Å²) in [4.78, 5) is 39.4. The van der Waals surface area contributed by atoms with Gasteiger partial charge in [0, 0.05) is 12.2 Å². The Morgan fingerprint density at radius 3 is 2.34 bits per heavy atom. The average molecular weight is 468 g/mol. The number of hydrogen-bond acceptors (Lipinski definition) is 4. The monoisotopic (exact) mass is 467 g/mol. The standard InChI is InChI=1S/C27H25N5O3/c1-18-14-19(2)16-21(15-18)28-24(33)17-31-27(35)32-23-11-7-6-10-22(23)25(34)30(26(32)29-31)13-12-20-8-4-3-5-9-20/h3-11,14-16H,12-13,17H2,1-2H3,(H,28,33). The van der Waals surface area contributed by atoms with Crippen molar-refractivity contribution in [3.63, 3.8) is 0 Å². The van der Waals surface area contributed by atoms with Crippen LogP contribution in [0.3, 0.4) is 0 Å². The summed E-state index contributed by atoms with van der Waals surface area (Å²) >= 11 is 0. The summed E-state index contributed by atoms with van der Waals surface area (Å²) in [6, 6.07) is 22.5. The summed E-state index contributed by atoms with van der Waals surface area (Å²) < 4.78 is 4.03. The number of carbonyl (C=O) groups excluding carboxylic acids is 1. The van der Waals surface area contributed by atoms with E-state index in [1.54, 1.807) is 24.3 Å². The molecule has 0 radical (unpaired) electrons. The van der Waals surface area contributed by atoms with Crippen LogP contribution >= 0.6 is 0 Å². The average Bonchev–Trinajstić information content (AvgIpc) is 3.14. The lowest BCUT2D eigenvalue weighted by Crippen LogP contribution is -2.29. The molecular formula is C27H25N5O3. The Labute approximate surface area is 201 Å². The Balaban J connectivity index is 1.55. The van der Waals surface area contributed by atoms with Gasteiger partial charge in [-0.05, 0) is 61.2 Å². The molecule has 0 aliphatic heterocycles. The summed E-state index contributed by atoms with van der Waals surface area (Å²) in [7, 11) is 0. The van der Waals surface area contributed by atoms with Crippen LogP contribution in [0.4, 0.5) is 5.69 Å². The van der Waals surface area contributed by atoms with E-state index in [4.69, 9.17) is 0 Å². The molecule has 35 heavy (non-hydrogen) atoms. The molecule has 0 fully saturated rings. The molecule has 0 aliphatic carbocycles. The maximum absolute atomic E-state index is 13.3. The molecular weight excluding hydrogens is 442 g/mol. The van der Waals surface area contributed by atoms with Crippen LogP contribution in [-0.2, 0) is 24.3 Å². The lowest BCUT2D eigenvalue weighted by molar-refractivity contribution is -0.117. The SMILES string of the molecule is Cc1cc(C)cc(NC(=O)Cn2nc3n(CCc4ccccc4)c(=O)c4ccccc4n3c2=O)c1. The Hall–Kier alpha value is -4.46. The van der Waals surface area contributed by atoms with Crippen LogP contribution < -0.4 is 16.6 Å². The molecule has 0 aliphatic rings. The molecule has 3 aromatic carbocycles. The number of nitrogens with one attached hydrogen (secondary N) is 1. The van der Waals surface area contributed by atoms with Crippen LogP contribution in [-0.4, -0.2) is 24.7 Å². The molecule has 176 valence electrons. The van der Waals surface area contributed by atoms with Crippen molar-refractivity contribution in [2.45, 2.75) is 33.4 Å². The van der Waals surface area contributed by atoms with Crippen LogP contribution in [0.15, 0.2) is 82.4 Å². The largest absolute Gasteiger partial charge is 0.352 e. The summed E-state index contributed by atoms with van der Waals surface area (Å²) in [5.74, 6) is -0.156. The van der Waals surface area contributed by atoms with Gasteiger partial charge in [0.25, 0.3) is 5.56 Å². The van der Waals surface area contributed by atoms with E-state index in [9.17, 15) is 14.4 Å². The second-order valence-electron chi connectivity index (χ2n) is 8.71. The van der Waals surface area contributed by atoms with Crippen molar-refractivity contribution < 1.29 is 4.79 Å². The van der Waals surface area contributed by atoms with E-state index in [1.807, 2.05) is 62.4 Å². The quantitative estimate of drug-likeness (QED) is 0.415. The number of amides is 1. The Kier molecular flexibility index (Phi) is 5.78. The van der Waals surface area contributed by atoms with E-state index in [1.165, 1.54) is 8.97 Å². The number of aryl methyl sites for hydroxylation is 4. The third-order valence-corrected chi connectivity index (χ3v) is 5.95. The molecule has 0 bridgehead atoms. The van der Waals surface area contributed by atoms with Crippen LogP contribution in [0.25, 0.3) is 16.7 Å². The van der Waals surface area contributed by atoms with Crippen LogP contribution in [0.1, 0.15) is 16.7 Å². The second kappa shape index (κ2) is 9.06. The van der Waals surface area contributed by atoms with E-state index in [-0.39, 0.29) is 23.8 Å². The van der Waals surface area contributed by atoms with Gasteiger partial charge in [-0.1, -0.05) is 48.5 Å². The van der Waals surface area contributed by atoms with E-state index in [0.717, 1.165) is 21.4 Å². The zero-order valence-corrected chi connectivity index (χ0v) is 19.6. The molecule has 1 N–H and O–H groups in total. The molecule has 0 spiro atoms. The Bertz CT molecular complexity index is 1660. The summed E-state index contributed by atoms with van der Waals surface area (Å²) in [5, 5.41) is 7.68. The van der Waals surface area contributed by atoms with Crippen LogP contribution in [0.2, 0.25) is 0 Å². The Morgan fingerprint density at radius 2 is 1.60 bits per heavy atom. The molecule has 0 unspecified atom stereocenters. The maximum Gasteiger partial charge on any atom is 0.352 e. The van der Waals surface area contributed by atoms with Gasteiger partial charge >= 0.3 is 5.69 Å². The lowest BCUT2D eigenvalue weighted by atomic mass is 10.1. The van der Waals surface area contributed by atoms with Gasteiger partial charge in [-0.25, -0.2) is 13.9 Å². The topological polar surface area (TPSA) is 90.4 Å². The minimum absolute atomic E-state index is 0.217. The number of hydrogen-bond donors (Lipinski definition) is 1. The van der Waals surface area contributed by atoms with Crippen LogP contribution in [0, 0.1) is 13.8 Å². The predicted octanol–water partition coefficient (Wildman–Crippen LogP) is 3.31. The third kappa shape index (κ3) is 4.38. The highest BCUT2D eigenvalue weighted by Crippen LogP contribution is 2.14. The number of carbonyl (C=O) groups is 1. The highest BCUT2D eigenvalue weighted by molar-refractivity contribution is 5.90. The highest BCUT2D eigenvalue weighted by Gasteiger charge is 2.18. The van der Waals surface area contributed by atoms with Gasteiger partial charge < -0.3 is 5.32 Å². The van der Waals surface area contributed by atoms with Crippen molar-refractivity contribution in [2.75, 3.05) is 5.32 Å². The van der Waals surface area contributed by atoms with E-state index in [0.29, 0.717) is 29.6 Å². The van der Waals surface area contributed by atoms with Gasteiger partial charge in [-0.2, -0.15) is 0 Å². The summed E-state index contributed by atoms with van der Waals surface area (Å²) in [6.45, 7) is 3.99. The van der Waals surface area contributed by atoms with Crippen molar-refractivity contribution in [2.24, 2.45) is 0 Å². The molecule has 0 saturated heterocycles. The molecule has 8 heteroatoms. The molecule has 0 saturated carbocycles. The van der Waals surface area contributed by atoms with Gasteiger partial charge in [0.2, 0.25) is 11.7 Å². The number of anilines is 1. The second-order valence-corrected chi connectivity index (χ2v) is 8.71. The van der Waals surface area contributed by atoms with Gasteiger partial charge in [-0.3, -0.25) is 14.2 Å². The number of aromatic nitrogens is 4. The normalized spacial score (nSPS) is 11.3. The van der Waals surface area contributed by atoms with Crippen molar-refractivity contribution in [1.82, 2.24) is 18.7 Å². The first-order valence-corrected chi connectivity index (χ1v) is 11.4. The van der Waals surface area contributed by atoms with Gasteiger partial charge in [0.05, 0.1) is 10.9 Å². The molecule has 1 amide bonds. The van der Waals surface area contributed by atoms with E-state index in [2.05, 4.69) is 10.4 Å². The minimum Gasteiger partial charge on any atom is -0.324 e. The lowest BCUT2D eigenvalue weighted by Gasteiger charge is -2.09. The zero-order chi connectivity index (χ0) is 24.5. The van der Waals surface area contributed by atoms with Crippen molar-refractivity contribution in [3.8, 4) is 0 Å². The number of nitrogens with zero attached hydrogens (tertiary/aromatic N) is 4. The first-order valence-electron chi connectivity index (χ1n) is 11.4. The minimum atomic E-state index is -0.472. The fraction of sp³-hybridized carbons (Fsp3) is 0.185. The molecule has 0 atom stereocenters. The third-order valence-electron chi connectivity index (χ3n) is 5.95. The fourth-order valence-electron chi connectivity index (χ4n) is 4.44. The van der Waals surface area contributed by atoms with Crippen molar-refractivity contribution in [1.29, 1.82) is 0 Å². The summed E-state index contributed by atoms with van der Waals surface area (Å²) in [5.41, 5.74) is 3.56. The number of benzene rings is 3. The Morgan fingerprint density at radius 1 is 0.914 bits per heavy atom. The highest BCUT2D eigenvalue weighted by atomic mass is 16.2. The van der Waals surface area contributed by atoms with Gasteiger partial charge in [0.15, 0.2) is 0 Å². The molecule has 2 aromatic heterocycles. The number of para-hydroxylation sites is 1. The van der Waals surface area contributed by atoms with Gasteiger partial charge in [-0.15, -0.1) is 5.10 Å². The molecule has 2 heterocycles. The first-order chi connectivity index (χ1) is 16.9. The molecule has 8 nitrogen and oxygen atoms in total. The fourth-order valence-corrected chi connectivity index (χ4v) is 4.44. The van der Waals surface area contributed by atoms with Crippen molar-refractivity contribution >= 4 is 28.3 Å². The van der Waals surface area contributed by atoms with Crippen molar-refractivity contribution in [3.05, 3.63) is 110 Å². The number of rotatable bonds is 6. The van der Waals surface area contributed by atoms with E-state index >= 15 is 0 Å². The van der Waals surface area contributed by atoms with Gasteiger partial charge in [0.1, 0.15) is 6.54 Å².